The maximum absolute atomic E-state index is 12.5. The van der Waals surface area contributed by atoms with E-state index in [1.165, 1.54) is 43.6 Å². The van der Waals surface area contributed by atoms with Gasteiger partial charge in [0.05, 0.1) is 23.4 Å². The van der Waals surface area contributed by atoms with Crippen molar-refractivity contribution in [2.45, 2.75) is 19.8 Å². The van der Waals surface area contributed by atoms with Gasteiger partial charge in [0, 0.05) is 18.3 Å². The smallest absolute Gasteiger partial charge is 0.337 e. The van der Waals surface area contributed by atoms with Crippen molar-refractivity contribution in [1.29, 1.82) is 0 Å². The lowest BCUT2D eigenvalue weighted by Crippen LogP contribution is -2.25. The number of nitrogens with zero attached hydrogens (tertiary/aromatic N) is 1. The van der Waals surface area contributed by atoms with Gasteiger partial charge in [-0.1, -0.05) is 24.9 Å². The number of anilines is 1. The molecule has 0 radical (unpaired) electrons. The van der Waals surface area contributed by atoms with Gasteiger partial charge in [-0.05, 0) is 36.8 Å². The molecule has 0 bridgehead atoms. The molecule has 142 valence electrons. The first kappa shape index (κ1) is 20.4. The van der Waals surface area contributed by atoms with Crippen LogP contribution in [0.3, 0.4) is 0 Å². The molecule has 0 fully saturated rings. The van der Waals surface area contributed by atoms with Gasteiger partial charge >= 0.3 is 5.97 Å². The Balaban J connectivity index is 2.16. The van der Waals surface area contributed by atoms with Crippen molar-refractivity contribution < 1.29 is 19.1 Å². The normalized spacial score (nSPS) is 10.2. The van der Waals surface area contributed by atoms with Crippen molar-refractivity contribution in [3.63, 3.8) is 0 Å². The van der Waals surface area contributed by atoms with Gasteiger partial charge in [0.2, 0.25) is 0 Å². The second-order valence-corrected chi connectivity index (χ2v) is 6.09. The first-order chi connectivity index (χ1) is 13.0. The number of ether oxygens (including phenoxy) is 1. The lowest BCUT2D eigenvalue weighted by atomic mass is 10.1. The van der Waals surface area contributed by atoms with E-state index >= 15 is 0 Å². The summed E-state index contributed by atoms with van der Waals surface area (Å²) in [4.78, 5) is 40.2. The lowest BCUT2D eigenvalue weighted by Gasteiger charge is -2.10. The minimum absolute atomic E-state index is 0.146. The summed E-state index contributed by atoms with van der Waals surface area (Å²) >= 11 is 6.08. The molecule has 2 aromatic rings. The van der Waals surface area contributed by atoms with Gasteiger partial charge in [-0.3, -0.25) is 14.6 Å². The van der Waals surface area contributed by atoms with E-state index in [4.69, 9.17) is 11.6 Å². The second kappa shape index (κ2) is 9.68. The largest absolute Gasteiger partial charge is 0.465 e. The number of unbranched alkanes of at least 4 members (excludes halogenated alkanes) is 1. The zero-order valence-corrected chi connectivity index (χ0v) is 15.8. The molecule has 0 unspecified atom stereocenters. The fraction of sp³-hybridized carbons (Fsp3) is 0.263. The number of esters is 1. The van der Waals surface area contributed by atoms with Gasteiger partial charge in [-0.15, -0.1) is 0 Å². The van der Waals surface area contributed by atoms with Crippen LogP contribution in [-0.2, 0) is 4.74 Å². The molecule has 0 aliphatic carbocycles. The number of aromatic nitrogens is 1. The summed E-state index contributed by atoms with van der Waals surface area (Å²) in [6.45, 7) is 2.57. The fourth-order valence-corrected chi connectivity index (χ4v) is 2.39. The highest BCUT2D eigenvalue weighted by atomic mass is 35.5. The highest BCUT2D eigenvalue weighted by Crippen LogP contribution is 2.24. The molecule has 0 aliphatic rings. The van der Waals surface area contributed by atoms with Crippen molar-refractivity contribution in [2.24, 2.45) is 0 Å². The number of amides is 2. The number of hydrogen-bond donors (Lipinski definition) is 2. The SMILES string of the molecule is CCCCNC(=O)c1cc(C(=O)Nc2cc(C(=O)OC)ccc2Cl)ccn1. The van der Waals surface area contributed by atoms with Crippen molar-refractivity contribution in [1.82, 2.24) is 10.3 Å². The molecule has 7 nitrogen and oxygen atoms in total. The van der Waals surface area contributed by atoms with Crippen LogP contribution in [0.25, 0.3) is 0 Å². The molecule has 2 N–H and O–H groups in total. The average molecular weight is 390 g/mol. The van der Waals surface area contributed by atoms with Crippen molar-refractivity contribution in [3.8, 4) is 0 Å². The van der Waals surface area contributed by atoms with Gasteiger partial charge in [0.1, 0.15) is 5.69 Å². The Morgan fingerprint density at radius 3 is 2.59 bits per heavy atom. The van der Waals surface area contributed by atoms with Crippen molar-refractivity contribution in [2.75, 3.05) is 19.0 Å². The molecular weight excluding hydrogens is 370 g/mol. The zero-order valence-electron chi connectivity index (χ0n) is 15.0. The molecule has 2 amide bonds. The van der Waals surface area contributed by atoms with Gasteiger partial charge in [0.15, 0.2) is 0 Å². The van der Waals surface area contributed by atoms with Crippen LogP contribution >= 0.6 is 11.6 Å². The summed E-state index contributed by atoms with van der Waals surface area (Å²) in [7, 11) is 1.26. The quantitative estimate of drug-likeness (QED) is 0.559. The Labute approximate surface area is 162 Å². The Kier molecular flexibility index (Phi) is 7.31. The van der Waals surface area contributed by atoms with Gasteiger partial charge in [-0.2, -0.15) is 0 Å². The van der Waals surface area contributed by atoms with Crippen molar-refractivity contribution in [3.05, 3.63) is 58.4 Å². The summed E-state index contributed by atoms with van der Waals surface area (Å²) in [6.07, 6.45) is 3.21. The third-order valence-corrected chi connectivity index (χ3v) is 4.04. The van der Waals surface area contributed by atoms with Gasteiger partial charge < -0.3 is 15.4 Å². The second-order valence-electron chi connectivity index (χ2n) is 5.68. The molecule has 0 saturated carbocycles. The predicted octanol–water partition coefficient (Wildman–Crippen LogP) is 3.30. The Morgan fingerprint density at radius 2 is 1.89 bits per heavy atom. The molecule has 0 aliphatic heterocycles. The molecule has 27 heavy (non-hydrogen) atoms. The maximum Gasteiger partial charge on any atom is 0.337 e. The molecule has 0 saturated heterocycles. The third-order valence-electron chi connectivity index (χ3n) is 3.71. The minimum Gasteiger partial charge on any atom is -0.465 e. The number of halogens is 1. The first-order valence-corrected chi connectivity index (χ1v) is 8.77. The molecule has 1 aromatic heterocycles. The number of carbonyl (C=O) groups excluding carboxylic acids is 3. The van der Waals surface area contributed by atoms with E-state index in [0.717, 1.165) is 12.8 Å². The van der Waals surface area contributed by atoms with Crippen LogP contribution in [0.15, 0.2) is 36.5 Å². The molecule has 2 rings (SSSR count). The number of rotatable bonds is 7. The number of carbonyl (C=O) groups is 3. The average Bonchev–Trinajstić information content (AvgIpc) is 2.69. The summed E-state index contributed by atoms with van der Waals surface area (Å²) in [5.74, 6) is -1.37. The number of nitrogens with one attached hydrogen (secondary N) is 2. The number of methoxy groups -OCH3 is 1. The van der Waals surface area contributed by atoms with E-state index in [9.17, 15) is 14.4 Å². The minimum atomic E-state index is -0.544. The van der Waals surface area contributed by atoms with Crippen LogP contribution in [0.4, 0.5) is 5.69 Å². The van der Waals surface area contributed by atoms with E-state index < -0.39 is 11.9 Å². The Hall–Kier alpha value is -2.93. The van der Waals surface area contributed by atoms with E-state index in [2.05, 4.69) is 20.4 Å². The van der Waals surface area contributed by atoms with Crippen LogP contribution in [0, 0.1) is 0 Å². The summed E-state index contributed by atoms with van der Waals surface area (Å²) in [5, 5.41) is 5.64. The summed E-state index contributed by atoms with van der Waals surface area (Å²) in [5.41, 5.74) is 0.900. The van der Waals surface area contributed by atoms with E-state index in [0.29, 0.717) is 6.54 Å². The predicted molar refractivity (Wildman–Crippen MR) is 102 cm³/mol. The topological polar surface area (TPSA) is 97.4 Å². The monoisotopic (exact) mass is 389 g/mol. The standard InChI is InChI=1S/C19H20ClN3O4/c1-3-4-8-22-18(25)16-10-12(7-9-21-16)17(24)23-15-11-13(19(26)27-2)5-6-14(15)20/h5-7,9-11H,3-4,8H2,1-2H3,(H,22,25)(H,23,24). The Bertz CT molecular complexity index is 855. The zero-order chi connectivity index (χ0) is 19.8. The third kappa shape index (κ3) is 5.52. The van der Waals surface area contributed by atoms with E-state index in [1.807, 2.05) is 6.92 Å². The summed E-state index contributed by atoms with van der Waals surface area (Å²) in [6, 6.07) is 7.29. The maximum atomic E-state index is 12.5. The molecule has 0 spiro atoms. The molecule has 1 aromatic carbocycles. The van der Waals surface area contributed by atoms with Crippen molar-refractivity contribution >= 4 is 35.1 Å². The van der Waals surface area contributed by atoms with Crippen LogP contribution in [-0.4, -0.2) is 36.4 Å². The van der Waals surface area contributed by atoms with Crippen LogP contribution < -0.4 is 10.6 Å². The molecule has 0 atom stereocenters. The number of benzene rings is 1. The Morgan fingerprint density at radius 1 is 1.11 bits per heavy atom. The van der Waals surface area contributed by atoms with E-state index in [1.54, 1.807) is 0 Å². The molecule has 1 heterocycles. The molecule has 8 heteroatoms. The lowest BCUT2D eigenvalue weighted by molar-refractivity contribution is 0.0600. The first-order valence-electron chi connectivity index (χ1n) is 8.39. The van der Waals surface area contributed by atoms with E-state index in [-0.39, 0.29) is 33.4 Å². The summed E-state index contributed by atoms with van der Waals surface area (Å²) < 4.78 is 4.66. The number of hydrogen-bond acceptors (Lipinski definition) is 5. The van der Waals surface area contributed by atoms with Crippen LogP contribution in [0.5, 0.6) is 0 Å². The van der Waals surface area contributed by atoms with Gasteiger partial charge in [0.25, 0.3) is 11.8 Å². The van der Waals surface area contributed by atoms with Crippen LogP contribution in [0.1, 0.15) is 51.0 Å². The highest BCUT2D eigenvalue weighted by molar-refractivity contribution is 6.34. The molecular formula is C19H20ClN3O4. The van der Waals surface area contributed by atoms with Gasteiger partial charge in [-0.25, -0.2) is 4.79 Å². The van der Waals surface area contributed by atoms with Crippen LogP contribution in [0.2, 0.25) is 5.02 Å². The number of pyridine rings is 1. The fourth-order valence-electron chi connectivity index (χ4n) is 2.23. The highest BCUT2D eigenvalue weighted by Gasteiger charge is 2.15.